The summed E-state index contributed by atoms with van der Waals surface area (Å²) in [4.78, 5) is 6.09. The van der Waals surface area contributed by atoms with Crippen molar-refractivity contribution < 1.29 is 9.63 Å². The van der Waals surface area contributed by atoms with Crippen molar-refractivity contribution in [3.63, 3.8) is 0 Å². The van der Waals surface area contributed by atoms with Crippen molar-refractivity contribution in [3.8, 4) is 11.6 Å². The molecule has 0 saturated carbocycles. The van der Waals surface area contributed by atoms with Crippen LogP contribution in [0.15, 0.2) is 16.7 Å². The van der Waals surface area contributed by atoms with Gasteiger partial charge < -0.3 is 14.5 Å². The maximum Gasteiger partial charge on any atom is 0.278 e. The van der Waals surface area contributed by atoms with Crippen LogP contribution in [0.2, 0.25) is 0 Å². The monoisotopic (exact) mass is 247 g/mol. The zero-order chi connectivity index (χ0) is 12.5. The number of aliphatic hydroxyl groups excluding tert-OH is 1. The molecule has 94 valence electrons. The second-order valence-corrected chi connectivity index (χ2v) is 4.31. The van der Waals surface area contributed by atoms with E-state index in [4.69, 9.17) is 4.52 Å². The fraction of sp³-hybridized carbons (Fsp3) is 0.455. The van der Waals surface area contributed by atoms with Gasteiger partial charge in [0.05, 0.1) is 6.10 Å². The zero-order valence-electron chi connectivity index (χ0n) is 9.94. The highest BCUT2D eigenvalue weighted by Crippen LogP contribution is 2.20. The molecule has 1 unspecified atom stereocenters. The molecule has 7 nitrogen and oxygen atoms in total. The van der Waals surface area contributed by atoms with Gasteiger partial charge in [-0.1, -0.05) is 5.16 Å². The highest BCUT2D eigenvalue weighted by molar-refractivity contribution is 5.49. The average Bonchev–Trinajstić information content (AvgIpc) is 2.98. The number of β-amino-alcohol motifs (C(OH)–C–C–N with tert-alkyl or cyclic N) is 1. The molecule has 0 aromatic carbocycles. The Balaban J connectivity index is 1.81. The lowest BCUT2D eigenvalue weighted by Gasteiger charge is -2.15. The van der Waals surface area contributed by atoms with Crippen LogP contribution in [0, 0.1) is 6.92 Å². The molecular weight excluding hydrogens is 234 g/mol. The first-order chi connectivity index (χ1) is 8.72. The quantitative estimate of drug-likeness (QED) is 0.821. The van der Waals surface area contributed by atoms with Gasteiger partial charge in [-0.3, -0.25) is 0 Å². The number of aryl methyl sites for hydroxylation is 1. The van der Waals surface area contributed by atoms with Crippen molar-refractivity contribution in [2.75, 3.05) is 18.0 Å². The molecule has 1 fully saturated rings. The summed E-state index contributed by atoms with van der Waals surface area (Å²) in [7, 11) is 0. The van der Waals surface area contributed by atoms with E-state index in [9.17, 15) is 5.11 Å². The first kappa shape index (κ1) is 11.1. The summed E-state index contributed by atoms with van der Waals surface area (Å²) >= 11 is 0. The van der Waals surface area contributed by atoms with Gasteiger partial charge in [0.1, 0.15) is 0 Å². The topological polar surface area (TPSA) is 88.2 Å². The maximum absolute atomic E-state index is 9.47. The highest BCUT2D eigenvalue weighted by Gasteiger charge is 2.21. The van der Waals surface area contributed by atoms with Gasteiger partial charge in [0.2, 0.25) is 0 Å². The molecule has 0 spiro atoms. The van der Waals surface area contributed by atoms with Crippen LogP contribution >= 0.6 is 0 Å². The number of hydrogen-bond donors (Lipinski definition) is 1. The van der Waals surface area contributed by atoms with E-state index in [2.05, 4.69) is 20.3 Å². The predicted octanol–water partition coefficient (Wildman–Crippen LogP) is 0.406. The average molecular weight is 247 g/mol. The number of nitrogens with zero attached hydrogens (tertiary/aromatic N) is 5. The molecular formula is C11H13N5O2. The molecule has 0 bridgehead atoms. The fourth-order valence-electron chi connectivity index (χ4n) is 1.96. The summed E-state index contributed by atoms with van der Waals surface area (Å²) < 4.78 is 5.02. The third-order valence-corrected chi connectivity index (χ3v) is 2.88. The van der Waals surface area contributed by atoms with Gasteiger partial charge in [0.25, 0.3) is 5.89 Å². The second kappa shape index (κ2) is 4.34. The van der Waals surface area contributed by atoms with Gasteiger partial charge in [-0.15, -0.1) is 10.2 Å². The van der Waals surface area contributed by atoms with E-state index in [0.717, 1.165) is 18.8 Å². The van der Waals surface area contributed by atoms with Crippen LogP contribution in [0.25, 0.3) is 11.6 Å². The van der Waals surface area contributed by atoms with Crippen LogP contribution in [0.3, 0.4) is 0 Å². The number of anilines is 1. The first-order valence-corrected chi connectivity index (χ1v) is 5.80. The number of hydrogen-bond acceptors (Lipinski definition) is 7. The molecule has 1 saturated heterocycles. The van der Waals surface area contributed by atoms with Crippen molar-refractivity contribution in [1.29, 1.82) is 0 Å². The minimum atomic E-state index is -0.273. The minimum Gasteiger partial charge on any atom is -0.391 e. The van der Waals surface area contributed by atoms with Gasteiger partial charge in [-0.05, 0) is 25.5 Å². The molecule has 7 heteroatoms. The summed E-state index contributed by atoms with van der Waals surface area (Å²) in [5, 5.41) is 21.4. The molecule has 1 aliphatic rings. The molecule has 2 aromatic rings. The Morgan fingerprint density at radius 1 is 1.39 bits per heavy atom. The number of aromatic nitrogens is 4. The van der Waals surface area contributed by atoms with E-state index in [1.807, 2.05) is 11.0 Å². The van der Waals surface area contributed by atoms with Gasteiger partial charge in [-0.25, -0.2) is 0 Å². The molecule has 2 aromatic heterocycles. The van der Waals surface area contributed by atoms with E-state index >= 15 is 0 Å². The molecule has 18 heavy (non-hydrogen) atoms. The first-order valence-electron chi connectivity index (χ1n) is 5.80. The zero-order valence-corrected chi connectivity index (χ0v) is 9.94. The molecule has 3 heterocycles. The smallest absolute Gasteiger partial charge is 0.278 e. The molecule has 1 atom stereocenters. The van der Waals surface area contributed by atoms with Crippen LogP contribution in [0.5, 0.6) is 0 Å². The summed E-state index contributed by atoms with van der Waals surface area (Å²) in [5.74, 6) is 1.69. The van der Waals surface area contributed by atoms with Gasteiger partial charge in [0.15, 0.2) is 17.3 Å². The van der Waals surface area contributed by atoms with Gasteiger partial charge in [-0.2, -0.15) is 4.98 Å². The normalized spacial score (nSPS) is 19.4. The van der Waals surface area contributed by atoms with Gasteiger partial charge in [0, 0.05) is 13.1 Å². The van der Waals surface area contributed by atoms with Crippen LogP contribution in [0.1, 0.15) is 12.2 Å². The Morgan fingerprint density at radius 2 is 2.28 bits per heavy atom. The Labute approximate surface area is 103 Å². The van der Waals surface area contributed by atoms with Crippen LogP contribution in [-0.2, 0) is 0 Å². The van der Waals surface area contributed by atoms with E-state index in [1.165, 1.54) is 0 Å². The standard InChI is InChI=1S/C11H13N5O2/c1-7-12-11(18-15-7)9-2-3-10(14-13-9)16-5-4-8(17)6-16/h2-3,8,17H,4-6H2,1H3. The number of aliphatic hydroxyl groups is 1. The minimum absolute atomic E-state index is 0.273. The highest BCUT2D eigenvalue weighted by atomic mass is 16.5. The van der Waals surface area contributed by atoms with Crippen LogP contribution < -0.4 is 4.90 Å². The second-order valence-electron chi connectivity index (χ2n) is 4.31. The molecule has 0 amide bonds. The summed E-state index contributed by atoms with van der Waals surface area (Å²) in [6, 6.07) is 3.64. The maximum atomic E-state index is 9.47. The lowest BCUT2D eigenvalue weighted by atomic mass is 10.3. The lowest BCUT2D eigenvalue weighted by molar-refractivity contribution is 0.198. The van der Waals surface area contributed by atoms with Crippen molar-refractivity contribution in [2.24, 2.45) is 0 Å². The summed E-state index contributed by atoms with van der Waals surface area (Å²) in [6.45, 7) is 3.16. The SMILES string of the molecule is Cc1noc(-c2ccc(N3CCC(O)C3)nn2)n1. The Hall–Kier alpha value is -2.02. The van der Waals surface area contributed by atoms with E-state index in [0.29, 0.717) is 24.0 Å². The molecule has 0 radical (unpaired) electrons. The van der Waals surface area contributed by atoms with E-state index in [-0.39, 0.29) is 6.10 Å². The van der Waals surface area contributed by atoms with E-state index < -0.39 is 0 Å². The van der Waals surface area contributed by atoms with Crippen LogP contribution in [0.4, 0.5) is 5.82 Å². The fourth-order valence-corrected chi connectivity index (χ4v) is 1.96. The Kier molecular flexibility index (Phi) is 2.67. The third kappa shape index (κ3) is 2.04. The summed E-state index contributed by atoms with van der Waals surface area (Å²) in [6.07, 6.45) is 0.497. The van der Waals surface area contributed by atoms with Gasteiger partial charge >= 0.3 is 0 Å². The third-order valence-electron chi connectivity index (χ3n) is 2.88. The van der Waals surface area contributed by atoms with Crippen molar-refractivity contribution >= 4 is 5.82 Å². The number of rotatable bonds is 2. The largest absolute Gasteiger partial charge is 0.391 e. The van der Waals surface area contributed by atoms with E-state index in [1.54, 1.807) is 13.0 Å². The molecule has 1 aliphatic heterocycles. The van der Waals surface area contributed by atoms with Crippen molar-refractivity contribution in [3.05, 3.63) is 18.0 Å². The van der Waals surface area contributed by atoms with Crippen molar-refractivity contribution in [2.45, 2.75) is 19.4 Å². The molecule has 0 aliphatic carbocycles. The van der Waals surface area contributed by atoms with Crippen LogP contribution in [-0.4, -0.2) is 44.6 Å². The van der Waals surface area contributed by atoms with Crippen molar-refractivity contribution in [1.82, 2.24) is 20.3 Å². The summed E-state index contributed by atoms with van der Waals surface area (Å²) in [5.41, 5.74) is 0.555. The lowest BCUT2D eigenvalue weighted by Crippen LogP contribution is -2.22. The molecule has 1 N–H and O–H groups in total. The molecule has 3 rings (SSSR count). The predicted molar refractivity (Wildman–Crippen MR) is 62.9 cm³/mol. The Bertz CT molecular complexity index is 539. The Morgan fingerprint density at radius 3 is 2.83 bits per heavy atom.